The average Bonchev–Trinajstić information content (AvgIpc) is 1.89. The molecule has 0 bridgehead atoms. The number of carboxylic acids is 1. The minimum atomic E-state index is -0.829. The molecular formula is C6H13NO3. The molecule has 0 saturated carbocycles. The van der Waals surface area contributed by atoms with Crippen LogP contribution in [-0.4, -0.2) is 29.3 Å². The molecule has 4 nitrogen and oxygen atoms in total. The van der Waals surface area contributed by atoms with Crippen LogP contribution in [0.3, 0.4) is 0 Å². The maximum atomic E-state index is 9.53. The van der Waals surface area contributed by atoms with Gasteiger partial charge in [-0.15, -0.1) is 6.58 Å². The Hall–Kier alpha value is -0.870. The van der Waals surface area contributed by atoms with Crippen molar-refractivity contribution in [2.24, 2.45) is 5.73 Å². The van der Waals surface area contributed by atoms with Gasteiger partial charge in [-0.2, -0.15) is 0 Å². The van der Waals surface area contributed by atoms with Crippen LogP contribution in [0, 0.1) is 0 Å². The van der Waals surface area contributed by atoms with Crippen molar-refractivity contribution in [3.8, 4) is 0 Å². The summed E-state index contributed by atoms with van der Waals surface area (Å²) in [6.45, 7) is 3.69. The van der Waals surface area contributed by atoms with Crippen molar-refractivity contribution in [2.75, 3.05) is 13.2 Å². The van der Waals surface area contributed by atoms with Crippen LogP contribution in [0.5, 0.6) is 0 Å². The zero-order chi connectivity index (χ0) is 8.41. The van der Waals surface area contributed by atoms with Crippen LogP contribution in [0.1, 0.15) is 6.42 Å². The number of rotatable bonds is 3. The van der Waals surface area contributed by atoms with Crippen molar-refractivity contribution in [1.82, 2.24) is 0 Å². The van der Waals surface area contributed by atoms with Gasteiger partial charge >= 0.3 is 5.97 Å². The standard InChI is InChI=1S/C4H6O2.C2H7NO/c1-2-3-4(5)6;3-1-2-4/h2H,1,3H2,(H,5,6);4H,1-3H2. The molecule has 0 radical (unpaired) electrons. The Balaban J connectivity index is 0. The van der Waals surface area contributed by atoms with E-state index in [4.69, 9.17) is 15.9 Å². The van der Waals surface area contributed by atoms with Gasteiger partial charge in [0.1, 0.15) is 0 Å². The summed E-state index contributed by atoms with van der Waals surface area (Å²) in [6, 6.07) is 0. The molecule has 0 aromatic rings. The van der Waals surface area contributed by atoms with Crippen LogP contribution >= 0.6 is 0 Å². The number of nitrogens with two attached hydrogens (primary N) is 1. The number of aliphatic hydroxyl groups excluding tert-OH is 1. The van der Waals surface area contributed by atoms with E-state index < -0.39 is 5.97 Å². The number of hydrogen-bond acceptors (Lipinski definition) is 3. The second-order valence-corrected chi connectivity index (χ2v) is 1.40. The number of hydrogen-bond donors (Lipinski definition) is 3. The number of carboxylic acid groups (broad SMARTS) is 1. The minimum Gasteiger partial charge on any atom is -0.481 e. The SMILES string of the molecule is C=CCC(=O)O.NCCO. The van der Waals surface area contributed by atoms with E-state index >= 15 is 0 Å². The highest BCUT2D eigenvalue weighted by molar-refractivity contribution is 5.68. The lowest BCUT2D eigenvalue weighted by Gasteiger charge is -1.75. The smallest absolute Gasteiger partial charge is 0.307 e. The van der Waals surface area contributed by atoms with Crippen molar-refractivity contribution in [2.45, 2.75) is 6.42 Å². The summed E-state index contributed by atoms with van der Waals surface area (Å²) in [5.41, 5.74) is 4.78. The van der Waals surface area contributed by atoms with E-state index in [0.29, 0.717) is 6.54 Å². The van der Waals surface area contributed by atoms with Gasteiger partial charge in [-0.05, 0) is 0 Å². The molecule has 0 amide bonds. The molecule has 0 aromatic carbocycles. The van der Waals surface area contributed by atoms with Crippen LogP contribution in [-0.2, 0) is 4.79 Å². The molecule has 0 unspecified atom stereocenters. The first-order valence-corrected chi connectivity index (χ1v) is 2.82. The molecule has 60 valence electrons. The maximum absolute atomic E-state index is 9.53. The van der Waals surface area contributed by atoms with E-state index in [2.05, 4.69) is 6.58 Å². The van der Waals surface area contributed by atoms with Crippen molar-refractivity contribution in [3.63, 3.8) is 0 Å². The second kappa shape index (κ2) is 11.0. The summed E-state index contributed by atoms with van der Waals surface area (Å²) in [4.78, 5) is 9.53. The van der Waals surface area contributed by atoms with E-state index in [1.54, 1.807) is 0 Å². The molecule has 0 spiro atoms. The summed E-state index contributed by atoms with van der Waals surface area (Å²) >= 11 is 0. The number of aliphatic carboxylic acids is 1. The molecule has 0 fully saturated rings. The Labute approximate surface area is 60.0 Å². The lowest BCUT2D eigenvalue weighted by Crippen LogP contribution is -2.02. The van der Waals surface area contributed by atoms with Crippen molar-refractivity contribution < 1.29 is 15.0 Å². The topological polar surface area (TPSA) is 83.5 Å². The summed E-state index contributed by atoms with van der Waals surface area (Å²) in [5, 5.41) is 15.6. The molecule has 4 N–H and O–H groups in total. The highest BCUT2D eigenvalue weighted by Crippen LogP contribution is 1.74. The van der Waals surface area contributed by atoms with E-state index in [0.717, 1.165) is 0 Å². The minimum absolute atomic E-state index is 0.0556. The fraction of sp³-hybridized carbons (Fsp3) is 0.500. The van der Waals surface area contributed by atoms with Crippen molar-refractivity contribution >= 4 is 5.97 Å². The van der Waals surface area contributed by atoms with Crippen LogP contribution in [0.4, 0.5) is 0 Å². The van der Waals surface area contributed by atoms with Gasteiger partial charge in [0, 0.05) is 6.54 Å². The maximum Gasteiger partial charge on any atom is 0.307 e. The van der Waals surface area contributed by atoms with Gasteiger partial charge in [0.15, 0.2) is 0 Å². The van der Waals surface area contributed by atoms with Gasteiger partial charge in [-0.1, -0.05) is 6.08 Å². The van der Waals surface area contributed by atoms with Gasteiger partial charge in [0.25, 0.3) is 0 Å². The lowest BCUT2D eigenvalue weighted by atomic mass is 10.4. The Kier molecular flexibility index (Phi) is 13.1. The van der Waals surface area contributed by atoms with E-state index in [1.165, 1.54) is 6.08 Å². The fourth-order valence-corrected chi connectivity index (χ4v) is 0.123. The van der Waals surface area contributed by atoms with Gasteiger partial charge in [-0.3, -0.25) is 4.79 Å². The van der Waals surface area contributed by atoms with Gasteiger partial charge < -0.3 is 15.9 Å². The Morgan fingerprint density at radius 1 is 1.70 bits per heavy atom. The highest BCUT2D eigenvalue weighted by atomic mass is 16.4. The first-order valence-electron chi connectivity index (χ1n) is 2.82. The fourth-order valence-electron chi connectivity index (χ4n) is 0.123. The molecule has 0 atom stereocenters. The van der Waals surface area contributed by atoms with Crippen LogP contribution in [0.15, 0.2) is 12.7 Å². The number of carbonyl (C=O) groups is 1. The second-order valence-electron chi connectivity index (χ2n) is 1.40. The first kappa shape index (κ1) is 11.9. The third-order valence-corrected chi connectivity index (χ3v) is 0.448. The molecule has 0 aromatic heterocycles. The summed E-state index contributed by atoms with van der Waals surface area (Å²) < 4.78 is 0. The lowest BCUT2D eigenvalue weighted by molar-refractivity contribution is -0.135. The van der Waals surface area contributed by atoms with Crippen LogP contribution in [0.25, 0.3) is 0 Å². The van der Waals surface area contributed by atoms with E-state index in [-0.39, 0.29) is 13.0 Å². The van der Waals surface area contributed by atoms with E-state index in [1.807, 2.05) is 0 Å². The molecule has 10 heavy (non-hydrogen) atoms. The molecular weight excluding hydrogens is 134 g/mol. The summed E-state index contributed by atoms with van der Waals surface area (Å²) in [6.07, 6.45) is 1.41. The van der Waals surface area contributed by atoms with Crippen molar-refractivity contribution in [1.29, 1.82) is 0 Å². The predicted molar refractivity (Wildman–Crippen MR) is 38.6 cm³/mol. The zero-order valence-corrected chi connectivity index (χ0v) is 5.79. The Morgan fingerprint density at radius 3 is 2.10 bits per heavy atom. The van der Waals surface area contributed by atoms with E-state index in [9.17, 15) is 4.79 Å². The third kappa shape index (κ3) is 27.3. The molecule has 0 heterocycles. The van der Waals surface area contributed by atoms with Gasteiger partial charge in [0.2, 0.25) is 0 Å². The molecule has 0 aliphatic rings. The normalized spacial score (nSPS) is 7.40. The highest BCUT2D eigenvalue weighted by Gasteiger charge is 1.84. The quantitative estimate of drug-likeness (QED) is 0.473. The molecule has 4 heteroatoms. The predicted octanol–water partition coefficient (Wildman–Crippen LogP) is -0.415. The Bertz CT molecular complexity index is 91.0. The zero-order valence-electron chi connectivity index (χ0n) is 5.79. The summed E-state index contributed by atoms with van der Waals surface area (Å²) in [7, 11) is 0. The summed E-state index contributed by atoms with van der Waals surface area (Å²) in [5.74, 6) is -0.829. The third-order valence-electron chi connectivity index (χ3n) is 0.448. The number of aliphatic hydroxyl groups is 1. The monoisotopic (exact) mass is 147 g/mol. The van der Waals surface area contributed by atoms with Crippen LogP contribution in [0.2, 0.25) is 0 Å². The van der Waals surface area contributed by atoms with Gasteiger partial charge in [0.05, 0.1) is 13.0 Å². The van der Waals surface area contributed by atoms with Crippen molar-refractivity contribution in [3.05, 3.63) is 12.7 Å². The molecule has 0 aliphatic heterocycles. The Morgan fingerprint density at radius 2 is 2.10 bits per heavy atom. The van der Waals surface area contributed by atoms with Crippen LogP contribution < -0.4 is 5.73 Å². The molecule has 0 rings (SSSR count). The average molecular weight is 147 g/mol. The largest absolute Gasteiger partial charge is 0.481 e. The molecule has 0 aliphatic carbocycles. The molecule has 0 saturated heterocycles. The van der Waals surface area contributed by atoms with Gasteiger partial charge in [-0.25, -0.2) is 0 Å². The first-order chi connectivity index (χ1) is 4.68.